The van der Waals surface area contributed by atoms with Crippen molar-refractivity contribution in [3.05, 3.63) is 78.5 Å². The Kier molecular flexibility index (Phi) is 4.07. The fraction of sp³-hybridized carbons (Fsp3) is 0.0500. The van der Waals surface area contributed by atoms with E-state index in [9.17, 15) is 4.79 Å². The van der Waals surface area contributed by atoms with E-state index in [2.05, 4.69) is 15.3 Å². The highest BCUT2D eigenvalue weighted by molar-refractivity contribution is 6.02. The van der Waals surface area contributed by atoms with E-state index in [1.807, 2.05) is 25.1 Å². The SMILES string of the molecule is Cc1cccc2ncnc(Oc3ccc(NC(=O)c4ccco4)cc3)c12. The molecule has 4 rings (SSSR count). The zero-order valence-corrected chi connectivity index (χ0v) is 14.0. The topological polar surface area (TPSA) is 77.3 Å². The van der Waals surface area contributed by atoms with E-state index in [4.69, 9.17) is 9.15 Å². The lowest BCUT2D eigenvalue weighted by atomic mass is 10.1. The fourth-order valence-corrected chi connectivity index (χ4v) is 2.64. The first kappa shape index (κ1) is 15.8. The normalized spacial score (nSPS) is 10.7. The number of carbonyl (C=O) groups is 1. The Hall–Kier alpha value is -3.67. The highest BCUT2D eigenvalue weighted by atomic mass is 16.5. The highest BCUT2D eigenvalue weighted by Crippen LogP contribution is 2.29. The van der Waals surface area contributed by atoms with E-state index in [0.717, 1.165) is 16.5 Å². The van der Waals surface area contributed by atoms with Gasteiger partial charge in [0, 0.05) is 5.69 Å². The molecular formula is C20H15N3O3. The second kappa shape index (κ2) is 6.68. The van der Waals surface area contributed by atoms with Gasteiger partial charge in [-0.2, -0.15) is 0 Å². The molecule has 1 amide bonds. The molecule has 6 nitrogen and oxygen atoms in total. The third kappa shape index (κ3) is 3.12. The molecule has 0 aliphatic rings. The average Bonchev–Trinajstić information content (AvgIpc) is 3.18. The molecule has 0 saturated heterocycles. The summed E-state index contributed by atoms with van der Waals surface area (Å²) in [5.41, 5.74) is 2.51. The van der Waals surface area contributed by atoms with Gasteiger partial charge in [0.2, 0.25) is 5.88 Å². The third-order valence-corrected chi connectivity index (χ3v) is 3.91. The molecule has 0 spiro atoms. The summed E-state index contributed by atoms with van der Waals surface area (Å²) < 4.78 is 11.0. The molecule has 0 bridgehead atoms. The van der Waals surface area contributed by atoms with Crippen molar-refractivity contribution in [3.8, 4) is 11.6 Å². The molecule has 0 radical (unpaired) electrons. The van der Waals surface area contributed by atoms with Crippen LogP contribution >= 0.6 is 0 Å². The molecule has 26 heavy (non-hydrogen) atoms. The summed E-state index contributed by atoms with van der Waals surface area (Å²) in [4.78, 5) is 20.5. The Morgan fingerprint density at radius 3 is 2.65 bits per heavy atom. The first-order chi connectivity index (χ1) is 12.7. The number of nitrogens with zero attached hydrogens (tertiary/aromatic N) is 2. The van der Waals surface area contributed by atoms with Gasteiger partial charge in [-0.05, 0) is 55.0 Å². The second-order valence-electron chi connectivity index (χ2n) is 5.71. The van der Waals surface area contributed by atoms with Crippen molar-refractivity contribution in [2.24, 2.45) is 0 Å². The first-order valence-electron chi connectivity index (χ1n) is 8.04. The number of fused-ring (bicyclic) bond motifs is 1. The molecule has 128 valence electrons. The van der Waals surface area contributed by atoms with Gasteiger partial charge in [-0.25, -0.2) is 9.97 Å². The number of benzene rings is 2. The summed E-state index contributed by atoms with van der Waals surface area (Å²) in [7, 11) is 0. The van der Waals surface area contributed by atoms with E-state index in [1.165, 1.54) is 12.6 Å². The Morgan fingerprint density at radius 2 is 1.88 bits per heavy atom. The summed E-state index contributed by atoms with van der Waals surface area (Å²) >= 11 is 0. The zero-order chi connectivity index (χ0) is 17.9. The maximum Gasteiger partial charge on any atom is 0.291 e. The largest absolute Gasteiger partial charge is 0.459 e. The summed E-state index contributed by atoms with van der Waals surface area (Å²) in [6.07, 6.45) is 2.94. The standard InChI is InChI=1S/C20H15N3O3/c1-13-4-2-5-16-18(13)20(22-12-21-16)26-15-9-7-14(8-10-15)23-19(24)17-6-3-11-25-17/h2-12H,1H3,(H,23,24). The van der Waals surface area contributed by atoms with Crippen molar-refractivity contribution < 1.29 is 13.9 Å². The van der Waals surface area contributed by atoms with Crippen molar-refractivity contribution in [3.63, 3.8) is 0 Å². The van der Waals surface area contributed by atoms with E-state index < -0.39 is 0 Å². The Balaban J connectivity index is 1.54. The van der Waals surface area contributed by atoms with Gasteiger partial charge in [0.05, 0.1) is 17.2 Å². The lowest BCUT2D eigenvalue weighted by Crippen LogP contribution is -2.10. The van der Waals surface area contributed by atoms with Crippen LogP contribution in [0.2, 0.25) is 0 Å². The van der Waals surface area contributed by atoms with Crippen LogP contribution in [-0.2, 0) is 0 Å². The second-order valence-corrected chi connectivity index (χ2v) is 5.71. The van der Waals surface area contributed by atoms with Crippen molar-refractivity contribution >= 4 is 22.5 Å². The van der Waals surface area contributed by atoms with Crippen molar-refractivity contribution in [2.45, 2.75) is 6.92 Å². The van der Waals surface area contributed by atoms with Crippen LogP contribution in [0, 0.1) is 6.92 Å². The molecule has 6 heteroatoms. The summed E-state index contributed by atoms with van der Waals surface area (Å²) in [6.45, 7) is 1.99. The number of anilines is 1. The molecule has 1 N–H and O–H groups in total. The minimum absolute atomic E-state index is 0.258. The lowest BCUT2D eigenvalue weighted by molar-refractivity contribution is 0.0996. The van der Waals surface area contributed by atoms with Gasteiger partial charge in [-0.15, -0.1) is 0 Å². The number of amides is 1. The van der Waals surface area contributed by atoms with Gasteiger partial charge in [-0.3, -0.25) is 4.79 Å². The number of carbonyl (C=O) groups excluding carboxylic acids is 1. The van der Waals surface area contributed by atoms with Crippen LogP contribution in [0.15, 0.2) is 71.6 Å². The maximum atomic E-state index is 12.0. The third-order valence-electron chi connectivity index (χ3n) is 3.91. The number of rotatable bonds is 4. The molecule has 0 aliphatic heterocycles. The van der Waals surface area contributed by atoms with E-state index in [1.54, 1.807) is 36.4 Å². The predicted molar refractivity (Wildman–Crippen MR) is 97.5 cm³/mol. The number of hydrogen-bond acceptors (Lipinski definition) is 5. The number of ether oxygens (including phenoxy) is 1. The van der Waals surface area contributed by atoms with Crippen LogP contribution in [0.5, 0.6) is 11.6 Å². The van der Waals surface area contributed by atoms with Gasteiger partial charge in [0.25, 0.3) is 5.91 Å². The molecule has 4 aromatic rings. The monoisotopic (exact) mass is 345 g/mol. The quantitative estimate of drug-likeness (QED) is 0.586. The van der Waals surface area contributed by atoms with Gasteiger partial charge in [-0.1, -0.05) is 12.1 Å². The smallest absolute Gasteiger partial charge is 0.291 e. The number of nitrogens with one attached hydrogen (secondary N) is 1. The zero-order valence-electron chi connectivity index (χ0n) is 14.0. The van der Waals surface area contributed by atoms with Crippen molar-refractivity contribution in [2.75, 3.05) is 5.32 Å². The molecule has 2 aromatic heterocycles. The van der Waals surface area contributed by atoms with Crippen molar-refractivity contribution in [1.82, 2.24) is 9.97 Å². The molecule has 0 aliphatic carbocycles. The molecule has 0 saturated carbocycles. The molecule has 0 unspecified atom stereocenters. The Bertz CT molecular complexity index is 1050. The van der Waals surface area contributed by atoms with Gasteiger partial charge in [0.1, 0.15) is 12.1 Å². The minimum Gasteiger partial charge on any atom is -0.459 e. The summed E-state index contributed by atoms with van der Waals surface area (Å²) in [5.74, 6) is 1.07. The number of furan rings is 1. The first-order valence-corrected chi connectivity index (χ1v) is 8.04. The van der Waals surface area contributed by atoms with Crippen LogP contribution in [0.3, 0.4) is 0 Å². The lowest BCUT2D eigenvalue weighted by Gasteiger charge is -2.10. The fourth-order valence-electron chi connectivity index (χ4n) is 2.64. The van der Waals surface area contributed by atoms with E-state index >= 15 is 0 Å². The molecular weight excluding hydrogens is 330 g/mol. The summed E-state index contributed by atoms with van der Waals surface area (Å²) in [6, 6.07) is 16.2. The average molecular weight is 345 g/mol. The van der Waals surface area contributed by atoms with Crippen LogP contribution < -0.4 is 10.1 Å². The molecule has 0 atom stereocenters. The van der Waals surface area contributed by atoms with E-state index in [-0.39, 0.29) is 11.7 Å². The predicted octanol–water partition coefficient (Wildman–Crippen LogP) is 4.58. The molecule has 0 fully saturated rings. The maximum absolute atomic E-state index is 12.0. The van der Waals surface area contributed by atoms with E-state index in [0.29, 0.717) is 17.3 Å². The number of aryl methyl sites for hydroxylation is 1. The Morgan fingerprint density at radius 1 is 1.04 bits per heavy atom. The highest BCUT2D eigenvalue weighted by Gasteiger charge is 2.10. The van der Waals surface area contributed by atoms with Gasteiger partial charge < -0.3 is 14.5 Å². The summed E-state index contributed by atoms with van der Waals surface area (Å²) in [5, 5.41) is 3.64. The van der Waals surface area contributed by atoms with Crippen LogP contribution in [0.25, 0.3) is 10.9 Å². The minimum atomic E-state index is -0.305. The van der Waals surface area contributed by atoms with Crippen LogP contribution in [0.4, 0.5) is 5.69 Å². The van der Waals surface area contributed by atoms with Crippen molar-refractivity contribution in [1.29, 1.82) is 0 Å². The number of hydrogen-bond donors (Lipinski definition) is 1. The van der Waals surface area contributed by atoms with Crippen LogP contribution in [-0.4, -0.2) is 15.9 Å². The van der Waals surface area contributed by atoms with Crippen LogP contribution in [0.1, 0.15) is 16.1 Å². The molecule has 2 aromatic carbocycles. The van der Waals surface area contributed by atoms with Gasteiger partial charge >= 0.3 is 0 Å². The molecule has 2 heterocycles. The van der Waals surface area contributed by atoms with Gasteiger partial charge in [0.15, 0.2) is 5.76 Å². The number of aromatic nitrogens is 2. The Labute approximate surface area is 149 Å².